The fourth-order valence-corrected chi connectivity index (χ4v) is 2.94. The number of amides is 2. The van der Waals surface area contributed by atoms with E-state index in [-0.39, 0.29) is 29.6 Å². The molecule has 2 amide bonds. The molecule has 1 aromatic carbocycles. The first-order valence-electron chi connectivity index (χ1n) is 9.47. The van der Waals surface area contributed by atoms with E-state index in [0.717, 1.165) is 31.4 Å². The van der Waals surface area contributed by atoms with Gasteiger partial charge in [0.05, 0.1) is 11.4 Å². The molecule has 142 valence electrons. The van der Waals surface area contributed by atoms with Crippen LogP contribution < -0.4 is 10.6 Å². The van der Waals surface area contributed by atoms with Gasteiger partial charge in [-0.1, -0.05) is 13.8 Å². The lowest BCUT2D eigenvalue weighted by Gasteiger charge is -2.09. The van der Waals surface area contributed by atoms with Crippen molar-refractivity contribution in [3.8, 4) is 17.0 Å². The normalized spacial score (nSPS) is 16.4. The van der Waals surface area contributed by atoms with Crippen LogP contribution in [0.4, 0.5) is 10.5 Å². The first-order chi connectivity index (χ1) is 12.9. The van der Waals surface area contributed by atoms with Crippen LogP contribution in [-0.2, 0) is 4.79 Å². The quantitative estimate of drug-likeness (QED) is 0.753. The minimum atomic E-state index is -0.203. The smallest absolute Gasteiger partial charge is 0.342 e. The summed E-state index contributed by atoms with van der Waals surface area (Å²) in [6, 6.07) is 6.89. The summed E-state index contributed by atoms with van der Waals surface area (Å²) in [6.45, 7) is 3.62. The molecule has 1 heterocycles. The molecule has 2 aromatic rings. The van der Waals surface area contributed by atoms with Gasteiger partial charge in [-0.05, 0) is 43.9 Å². The second-order valence-corrected chi connectivity index (χ2v) is 7.74. The maximum atomic E-state index is 12.5. The molecular weight excluding hydrogens is 344 g/mol. The van der Waals surface area contributed by atoms with E-state index in [2.05, 4.69) is 15.7 Å². The number of rotatable bonds is 5. The molecule has 0 aliphatic heterocycles. The number of carbonyl (C=O) groups excluding carboxylic acids is 2. The molecule has 7 heteroatoms. The first-order valence-corrected chi connectivity index (χ1v) is 9.47. The van der Waals surface area contributed by atoms with E-state index in [1.807, 2.05) is 19.9 Å². The second kappa shape index (κ2) is 6.72. The molecule has 0 saturated heterocycles. The zero-order valence-corrected chi connectivity index (χ0v) is 15.5. The van der Waals surface area contributed by atoms with Crippen LogP contribution in [-0.4, -0.2) is 32.9 Å². The summed E-state index contributed by atoms with van der Waals surface area (Å²) in [5.74, 6) is 0.113. The first kappa shape index (κ1) is 17.6. The molecule has 2 saturated carbocycles. The van der Waals surface area contributed by atoms with E-state index in [0.29, 0.717) is 22.9 Å². The SMILES string of the molecule is CC(C)C(=O)Nc1ccc(-c2cc(C3CC3)n(C(=O)NC3CC3)n2)c(O)c1. The van der Waals surface area contributed by atoms with Crippen LogP contribution in [0.3, 0.4) is 0 Å². The average molecular weight is 368 g/mol. The largest absolute Gasteiger partial charge is 0.507 e. The topological polar surface area (TPSA) is 96.3 Å². The Hall–Kier alpha value is -2.83. The summed E-state index contributed by atoms with van der Waals surface area (Å²) in [4.78, 5) is 24.3. The van der Waals surface area contributed by atoms with Crippen LogP contribution in [0.2, 0.25) is 0 Å². The van der Waals surface area contributed by atoms with Gasteiger partial charge in [-0.25, -0.2) is 4.79 Å². The number of aromatic nitrogens is 2. The van der Waals surface area contributed by atoms with E-state index in [9.17, 15) is 14.7 Å². The molecule has 0 spiro atoms. The zero-order valence-electron chi connectivity index (χ0n) is 15.5. The summed E-state index contributed by atoms with van der Waals surface area (Å²) in [7, 11) is 0. The van der Waals surface area contributed by atoms with Gasteiger partial charge >= 0.3 is 6.03 Å². The Morgan fingerprint density at radius 1 is 1.19 bits per heavy atom. The number of benzene rings is 1. The van der Waals surface area contributed by atoms with E-state index >= 15 is 0 Å². The van der Waals surface area contributed by atoms with Gasteiger partial charge in [0.1, 0.15) is 5.75 Å². The fourth-order valence-electron chi connectivity index (χ4n) is 2.94. The molecule has 0 atom stereocenters. The summed E-state index contributed by atoms with van der Waals surface area (Å²) in [5.41, 5.74) is 2.52. The van der Waals surface area contributed by atoms with Crippen LogP contribution in [0.1, 0.15) is 51.1 Å². The zero-order chi connectivity index (χ0) is 19.1. The molecule has 7 nitrogen and oxygen atoms in total. The summed E-state index contributed by atoms with van der Waals surface area (Å²) >= 11 is 0. The maximum Gasteiger partial charge on any atom is 0.342 e. The molecule has 2 aliphatic rings. The van der Waals surface area contributed by atoms with Crippen molar-refractivity contribution >= 4 is 17.6 Å². The third kappa shape index (κ3) is 3.82. The number of anilines is 1. The lowest BCUT2D eigenvalue weighted by Crippen LogP contribution is -2.32. The monoisotopic (exact) mass is 368 g/mol. The molecule has 1 aromatic heterocycles. The lowest BCUT2D eigenvalue weighted by atomic mass is 10.1. The highest BCUT2D eigenvalue weighted by Crippen LogP contribution is 2.42. The van der Waals surface area contributed by atoms with Crippen LogP contribution in [0.5, 0.6) is 5.75 Å². The van der Waals surface area contributed by atoms with Crippen molar-refractivity contribution in [3.63, 3.8) is 0 Å². The number of phenolic OH excluding ortho intramolecular Hbond substituents is 1. The van der Waals surface area contributed by atoms with Crippen LogP contribution >= 0.6 is 0 Å². The van der Waals surface area contributed by atoms with Crippen molar-refractivity contribution in [1.82, 2.24) is 15.1 Å². The van der Waals surface area contributed by atoms with Gasteiger partial charge in [0.15, 0.2) is 0 Å². The van der Waals surface area contributed by atoms with Crippen molar-refractivity contribution < 1.29 is 14.7 Å². The Morgan fingerprint density at radius 3 is 2.52 bits per heavy atom. The van der Waals surface area contributed by atoms with E-state index < -0.39 is 0 Å². The molecule has 27 heavy (non-hydrogen) atoms. The summed E-state index contributed by atoms with van der Waals surface area (Å²) in [6.07, 6.45) is 4.13. The predicted molar refractivity (Wildman–Crippen MR) is 102 cm³/mol. The number of nitrogens with zero attached hydrogens (tertiary/aromatic N) is 2. The number of nitrogens with one attached hydrogen (secondary N) is 2. The van der Waals surface area contributed by atoms with Crippen LogP contribution in [0.15, 0.2) is 24.3 Å². The average Bonchev–Trinajstić information content (AvgIpc) is 3.55. The molecule has 2 fully saturated rings. The third-order valence-corrected chi connectivity index (χ3v) is 4.90. The van der Waals surface area contributed by atoms with E-state index in [1.165, 1.54) is 10.7 Å². The Labute approximate surface area is 157 Å². The summed E-state index contributed by atoms with van der Waals surface area (Å²) < 4.78 is 1.44. The van der Waals surface area contributed by atoms with Crippen molar-refractivity contribution in [2.45, 2.75) is 51.5 Å². The van der Waals surface area contributed by atoms with Gasteiger partial charge in [-0.2, -0.15) is 9.78 Å². The molecular formula is C20H24N4O3. The van der Waals surface area contributed by atoms with Crippen LogP contribution in [0.25, 0.3) is 11.3 Å². The molecule has 2 aliphatic carbocycles. The predicted octanol–water partition coefficient (Wildman–Crippen LogP) is 3.45. The number of hydrogen-bond donors (Lipinski definition) is 3. The molecule has 0 unspecified atom stereocenters. The minimum Gasteiger partial charge on any atom is -0.507 e. The maximum absolute atomic E-state index is 12.5. The number of phenols is 1. The third-order valence-electron chi connectivity index (χ3n) is 4.90. The lowest BCUT2D eigenvalue weighted by molar-refractivity contribution is -0.118. The molecule has 0 radical (unpaired) electrons. The van der Waals surface area contributed by atoms with Crippen molar-refractivity contribution in [3.05, 3.63) is 30.0 Å². The van der Waals surface area contributed by atoms with Crippen molar-refractivity contribution in [2.24, 2.45) is 5.92 Å². The standard InChI is InChI=1S/C20H24N4O3/c1-11(2)19(26)21-14-7-8-15(18(25)9-14)16-10-17(12-3-4-12)24(23-16)20(27)22-13-5-6-13/h7-13,25H,3-6H2,1-2H3,(H,21,26)(H,22,27). The molecule has 4 rings (SSSR count). The van der Waals surface area contributed by atoms with E-state index in [4.69, 9.17) is 0 Å². The van der Waals surface area contributed by atoms with Gasteiger partial charge in [-0.15, -0.1) is 0 Å². The molecule has 0 bridgehead atoms. The Morgan fingerprint density at radius 2 is 1.93 bits per heavy atom. The number of aromatic hydroxyl groups is 1. The highest BCUT2D eigenvalue weighted by atomic mass is 16.3. The highest BCUT2D eigenvalue weighted by molar-refractivity contribution is 5.92. The minimum absolute atomic E-state index is 0.0196. The number of carbonyl (C=O) groups is 2. The van der Waals surface area contributed by atoms with Gasteiger partial charge in [-0.3, -0.25) is 4.79 Å². The van der Waals surface area contributed by atoms with E-state index in [1.54, 1.807) is 12.1 Å². The summed E-state index contributed by atoms with van der Waals surface area (Å²) in [5, 5.41) is 20.6. The Balaban J connectivity index is 1.61. The number of hydrogen-bond acceptors (Lipinski definition) is 4. The van der Waals surface area contributed by atoms with Crippen molar-refractivity contribution in [2.75, 3.05) is 5.32 Å². The second-order valence-electron chi connectivity index (χ2n) is 7.74. The fraction of sp³-hybridized carbons (Fsp3) is 0.450. The van der Waals surface area contributed by atoms with Crippen molar-refractivity contribution in [1.29, 1.82) is 0 Å². The Kier molecular flexibility index (Phi) is 4.37. The van der Waals surface area contributed by atoms with Gasteiger partial charge in [0, 0.05) is 35.2 Å². The van der Waals surface area contributed by atoms with Crippen LogP contribution in [0, 0.1) is 5.92 Å². The molecule has 3 N–H and O–H groups in total. The highest BCUT2D eigenvalue weighted by Gasteiger charge is 2.32. The van der Waals surface area contributed by atoms with Gasteiger partial charge in [0.2, 0.25) is 5.91 Å². The van der Waals surface area contributed by atoms with Gasteiger partial charge < -0.3 is 15.7 Å². The Bertz CT molecular complexity index is 895. The van der Waals surface area contributed by atoms with Gasteiger partial charge in [0.25, 0.3) is 0 Å².